The number of ether oxygens (including phenoxy) is 1. The van der Waals surface area contributed by atoms with Gasteiger partial charge in [0.15, 0.2) is 5.82 Å². The van der Waals surface area contributed by atoms with Crippen LogP contribution >= 0.6 is 15.9 Å². The van der Waals surface area contributed by atoms with Crippen LogP contribution in [0.2, 0.25) is 0 Å². The van der Waals surface area contributed by atoms with Gasteiger partial charge in [-0.15, -0.1) is 0 Å². The predicted octanol–water partition coefficient (Wildman–Crippen LogP) is 5.61. The van der Waals surface area contributed by atoms with Crippen LogP contribution in [0.4, 0.5) is 13.2 Å². The Morgan fingerprint density at radius 3 is 2.45 bits per heavy atom. The van der Waals surface area contributed by atoms with E-state index in [0.29, 0.717) is 28.4 Å². The van der Waals surface area contributed by atoms with Crippen LogP contribution in [0.3, 0.4) is 0 Å². The zero-order valence-corrected chi connectivity index (χ0v) is 29.0. The molecule has 2 amide bonds. The number of fused-ring (bicyclic) bond motifs is 1. The highest BCUT2D eigenvalue weighted by Crippen LogP contribution is 2.36. The molecule has 2 atom stereocenters. The zero-order valence-electron chi connectivity index (χ0n) is 27.4. The maximum atomic E-state index is 14.2. The molecule has 11 nitrogen and oxygen atoms in total. The number of amides is 2. The number of halogens is 4. The number of aliphatic hydroxyl groups excluding tert-OH is 1. The Morgan fingerprint density at radius 1 is 1.06 bits per heavy atom. The number of hydrogen-bond donors (Lipinski definition) is 2. The van der Waals surface area contributed by atoms with Gasteiger partial charge < -0.3 is 20.1 Å². The minimum Gasteiger partial charge on any atom is -0.491 e. The summed E-state index contributed by atoms with van der Waals surface area (Å²) >= 11 is 2.92. The lowest BCUT2D eigenvalue weighted by Gasteiger charge is -2.34. The summed E-state index contributed by atoms with van der Waals surface area (Å²) in [6.07, 6.45) is -2.19. The number of carbonyl (C=O) groups excluding carboxylic acids is 2. The van der Waals surface area contributed by atoms with Gasteiger partial charge in [-0.25, -0.2) is 14.8 Å². The number of rotatable bonds is 9. The van der Waals surface area contributed by atoms with Gasteiger partial charge in [-0.2, -0.15) is 13.2 Å². The minimum atomic E-state index is -4.70. The van der Waals surface area contributed by atoms with Crippen LogP contribution in [0.5, 0.6) is 5.75 Å². The van der Waals surface area contributed by atoms with Crippen molar-refractivity contribution in [1.82, 2.24) is 29.3 Å². The number of carbonyl (C=O) groups is 2. The number of aromatic nitrogens is 4. The highest BCUT2D eigenvalue weighted by atomic mass is 79.9. The Bertz CT molecular complexity index is 2130. The third kappa shape index (κ3) is 7.44. The summed E-state index contributed by atoms with van der Waals surface area (Å²) < 4.78 is 49.2. The molecule has 2 N–H and O–H groups in total. The summed E-state index contributed by atoms with van der Waals surface area (Å²) in [4.78, 5) is 52.1. The van der Waals surface area contributed by atoms with E-state index in [1.807, 2.05) is 24.3 Å². The monoisotopic (exact) mass is 764 g/mol. The van der Waals surface area contributed by atoms with Gasteiger partial charge in [0.2, 0.25) is 0 Å². The molecule has 1 aliphatic heterocycles. The standard InChI is InChI=1S/C36H32BrF3N6O5/c1-21-18-45-30(19-44(21)34(49)23-8-13-29(37)28(16-23)36(38,39)40)31(46(35(45)50)25-9-11-26(12-10-25)51-20-22(2)47)33(48)43-17-24-6-3-4-7-27(24)32-41-14-5-15-42-32/h3-16,21-22,47H,17-20H2,1-2H3,(H,43,48)/t21-,22-/m1/s1. The van der Waals surface area contributed by atoms with E-state index in [1.54, 1.807) is 56.6 Å². The molecule has 264 valence electrons. The van der Waals surface area contributed by atoms with Crippen molar-refractivity contribution >= 4 is 27.7 Å². The van der Waals surface area contributed by atoms with Crippen molar-refractivity contribution in [2.24, 2.45) is 0 Å². The predicted molar refractivity (Wildman–Crippen MR) is 184 cm³/mol. The van der Waals surface area contributed by atoms with Gasteiger partial charge in [0, 0.05) is 47.1 Å². The maximum absolute atomic E-state index is 14.2. The second-order valence-electron chi connectivity index (χ2n) is 12.1. The van der Waals surface area contributed by atoms with Crippen molar-refractivity contribution in [1.29, 1.82) is 0 Å². The molecule has 0 saturated carbocycles. The van der Waals surface area contributed by atoms with Crippen LogP contribution in [0.25, 0.3) is 17.1 Å². The molecular weight excluding hydrogens is 733 g/mol. The molecule has 0 unspecified atom stereocenters. The minimum absolute atomic E-state index is 0.0143. The fraction of sp³-hybridized carbons (Fsp3) is 0.250. The van der Waals surface area contributed by atoms with Gasteiger partial charge in [-0.05, 0) is 67.9 Å². The van der Waals surface area contributed by atoms with E-state index in [0.717, 1.165) is 6.07 Å². The SMILES string of the molecule is C[C@@H]1Cn2c(c(C(=O)NCc3ccccc3-c3ncccn3)n(-c3ccc(OC[C@@H](C)O)cc3)c2=O)CN1C(=O)c1ccc(Br)c(C(F)(F)F)c1. The van der Waals surface area contributed by atoms with Crippen molar-refractivity contribution < 1.29 is 32.6 Å². The van der Waals surface area contributed by atoms with Crippen molar-refractivity contribution in [2.45, 2.75) is 51.8 Å². The van der Waals surface area contributed by atoms with Crippen LogP contribution in [0.15, 0.2) is 94.5 Å². The van der Waals surface area contributed by atoms with E-state index >= 15 is 0 Å². The first-order valence-electron chi connectivity index (χ1n) is 15.9. The van der Waals surface area contributed by atoms with E-state index in [2.05, 4.69) is 31.2 Å². The molecule has 2 aromatic heterocycles. The fourth-order valence-electron chi connectivity index (χ4n) is 5.90. The smallest absolute Gasteiger partial charge is 0.417 e. The quantitative estimate of drug-likeness (QED) is 0.200. The number of nitrogens with zero attached hydrogens (tertiary/aromatic N) is 5. The first-order valence-corrected chi connectivity index (χ1v) is 16.7. The molecule has 1 aliphatic rings. The first-order chi connectivity index (χ1) is 24.3. The van der Waals surface area contributed by atoms with Gasteiger partial charge in [0.05, 0.1) is 29.6 Å². The van der Waals surface area contributed by atoms with Crippen molar-refractivity contribution in [3.8, 4) is 22.8 Å². The van der Waals surface area contributed by atoms with E-state index in [9.17, 15) is 32.7 Å². The molecule has 5 aromatic rings. The lowest BCUT2D eigenvalue weighted by Crippen LogP contribution is -2.47. The highest BCUT2D eigenvalue weighted by Gasteiger charge is 2.37. The maximum Gasteiger partial charge on any atom is 0.417 e. The van der Waals surface area contributed by atoms with Crippen LogP contribution in [0, 0.1) is 0 Å². The summed E-state index contributed by atoms with van der Waals surface area (Å²) in [5.41, 5.74) is 0.194. The molecule has 15 heteroatoms. The number of hydrogen-bond acceptors (Lipinski definition) is 7. The molecule has 3 aromatic carbocycles. The second kappa shape index (κ2) is 14.5. The average molecular weight is 766 g/mol. The van der Waals surface area contributed by atoms with Gasteiger partial charge in [0.1, 0.15) is 18.1 Å². The molecule has 0 radical (unpaired) electrons. The highest BCUT2D eigenvalue weighted by molar-refractivity contribution is 9.10. The fourth-order valence-corrected chi connectivity index (χ4v) is 6.37. The van der Waals surface area contributed by atoms with Gasteiger partial charge >= 0.3 is 11.9 Å². The molecular formula is C36H32BrF3N6O5. The van der Waals surface area contributed by atoms with E-state index in [1.165, 1.54) is 26.2 Å². The number of aliphatic hydroxyl groups is 1. The summed E-state index contributed by atoms with van der Waals surface area (Å²) in [6, 6.07) is 18.0. The van der Waals surface area contributed by atoms with E-state index in [4.69, 9.17) is 4.74 Å². The lowest BCUT2D eigenvalue weighted by molar-refractivity contribution is -0.138. The van der Waals surface area contributed by atoms with Gasteiger partial charge in [-0.1, -0.05) is 40.2 Å². The van der Waals surface area contributed by atoms with Crippen LogP contribution in [-0.4, -0.2) is 59.7 Å². The second-order valence-corrected chi connectivity index (χ2v) is 12.9. The average Bonchev–Trinajstić information content (AvgIpc) is 3.40. The van der Waals surface area contributed by atoms with E-state index in [-0.39, 0.29) is 47.7 Å². The molecule has 0 spiro atoms. The number of nitrogens with one attached hydrogen (secondary N) is 1. The molecule has 0 bridgehead atoms. The largest absolute Gasteiger partial charge is 0.491 e. The van der Waals surface area contributed by atoms with Crippen molar-refractivity contribution in [2.75, 3.05) is 6.61 Å². The third-order valence-electron chi connectivity index (χ3n) is 8.39. The van der Waals surface area contributed by atoms with Gasteiger partial charge in [0.25, 0.3) is 11.8 Å². The molecule has 0 aliphatic carbocycles. The summed E-state index contributed by atoms with van der Waals surface area (Å²) in [7, 11) is 0. The summed E-state index contributed by atoms with van der Waals surface area (Å²) in [5.74, 6) is -0.414. The topological polar surface area (TPSA) is 132 Å². The Kier molecular flexibility index (Phi) is 10.1. The lowest BCUT2D eigenvalue weighted by atomic mass is 10.1. The number of imidazole rings is 1. The van der Waals surface area contributed by atoms with Gasteiger partial charge in [-0.3, -0.25) is 18.7 Å². The Labute approximate surface area is 298 Å². The van der Waals surface area contributed by atoms with E-state index < -0.39 is 41.4 Å². The summed E-state index contributed by atoms with van der Waals surface area (Å²) in [6.45, 7) is 3.11. The molecule has 6 rings (SSSR count). The van der Waals surface area contributed by atoms with Crippen molar-refractivity contribution in [3.05, 3.63) is 128 Å². The molecule has 0 saturated heterocycles. The Morgan fingerprint density at radius 2 is 1.76 bits per heavy atom. The Hall–Kier alpha value is -5.28. The van der Waals surface area contributed by atoms with Crippen molar-refractivity contribution in [3.63, 3.8) is 0 Å². The van der Waals surface area contributed by atoms with Crippen LogP contribution in [-0.2, 0) is 25.8 Å². The van der Waals surface area contributed by atoms with Crippen LogP contribution in [0.1, 0.15) is 51.5 Å². The number of alkyl halides is 3. The number of benzene rings is 3. The molecule has 51 heavy (non-hydrogen) atoms. The first kappa shape index (κ1) is 35.5. The summed E-state index contributed by atoms with van der Waals surface area (Å²) in [5, 5.41) is 12.5. The Balaban J connectivity index is 1.39. The third-order valence-corrected chi connectivity index (χ3v) is 9.08. The van der Waals surface area contributed by atoms with Crippen LogP contribution < -0.4 is 15.7 Å². The molecule has 0 fully saturated rings. The molecule has 3 heterocycles. The zero-order chi connectivity index (χ0) is 36.4. The normalized spacial score (nSPS) is 14.9.